The Kier molecular flexibility index (Phi) is 5.09. The van der Waals surface area contributed by atoms with Gasteiger partial charge in [0.1, 0.15) is 11.5 Å². The molecule has 0 fully saturated rings. The van der Waals surface area contributed by atoms with Gasteiger partial charge >= 0.3 is 0 Å². The zero-order valence-corrected chi connectivity index (χ0v) is 13.1. The number of carbonyl (C=O) groups excluding carboxylic acids is 1. The van der Waals surface area contributed by atoms with Gasteiger partial charge in [-0.3, -0.25) is 4.79 Å². The molecule has 0 spiro atoms. The number of hydrogen-bond acceptors (Lipinski definition) is 4. The van der Waals surface area contributed by atoms with E-state index in [1.165, 1.54) is 0 Å². The minimum atomic E-state index is -0.306. The maximum absolute atomic E-state index is 11.7. The molecule has 1 aromatic carbocycles. The third kappa shape index (κ3) is 4.37. The van der Waals surface area contributed by atoms with Crippen LogP contribution in [0.3, 0.4) is 0 Å². The minimum absolute atomic E-state index is 0.168. The molecule has 21 heavy (non-hydrogen) atoms. The fourth-order valence-corrected chi connectivity index (χ4v) is 1.91. The first-order valence-corrected chi connectivity index (χ1v) is 6.98. The number of hydrogen-bond donors (Lipinski definition) is 1. The molecule has 5 nitrogen and oxygen atoms in total. The molecule has 1 aromatic heterocycles. The summed E-state index contributed by atoms with van der Waals surface area (Å²) in [5.74, 6) is 1.25. The van der Waals surface area contributed by atoms with Gasteiger partial charge in [-0.05, 0) is 26.0 Å². The van der Waals surface area contributed by atoms with Gasteiger partial charge < -0.3 is 14.5 Å². The molecule has 0 atom stereocenters. The summed E-state index contributed by atoms with van der Waals surface area (Å²) >= 11 is 11.8. The lowest BCUT2D eigenvalue weighted by atomic mass is 10.3. The second kappa shape index (κ2) is 6.83. The number of nitrogens with one attached hydrogen (secondary N) is 1. The summed E-state index contributed by atoms with van der Waals surface area (Å²) in [5, 5.41) is 3.53. The number of aryl methyl sites for hydroxylation is 2. The second-order valence-corrected chi connectivity index (χ2v) is 5.23. The van der Waals surface area contributed by atoms with Crippen LogP contribution in [0.4, 0.5) is 0 Å². The molecule has 0 bridgehead atoms. The average molecular weight is 329 g/mol. The second-order valence-electron chi connectivity index (χ2n) is 4.39. The molecule has 0 aliphatic carbocycles. The zero-order valence-electron chi connectivity index (χ0n) is 11.6. The molecular formula is C14H14Cl2N2O3. The standard InChI is InChI=1S/C14H14Cl2N2O3/c1-8-9(2)21-14(18-8)6-17-13(19)7-20-12-5-10(15)3-4-11(12)16/h3-5H,6-7H2,1-2H3,(H,17,19). The number of carbonyl (C=O) groups is 1. The molecule has 1 heterocycles. The van der Waals surface area contributed by atoms with E-state index in [9.17, 15) is 4.79 Å². The van der Waals surface area contributed by atoms with Crippen molar-refractivity contribution < 1.29 is 13.9 Å². The highest BCUT2D eigenvalue weighted by Crippen LogP contribution is 2.27. The lowest BCUT2D eigenvalue weighted by Gasteiger charge is -2.08. The van der Waals surface area contributed by atoms with Crippen LogP contribution in [0, 0.1) is 13.8 Å². The molecule has 112 valence electrons. The van der Waals surface area contributed by atoms with E-state index in [2.05, 4.69) is 10.3 Å². The summed E-state index contributed by atoms with van der Waals surface area (Å²) in [5.41, 5.74) is 0.807. The van der Waals surface area contributed by atoms with Crippen molar-refractivity contribution in [3.63, 3.8) is 0 Å². The Bertz CT molecular complexity index is 636. The van der Waals surface area contributed by atoms with Crippen molar-refractivity contribution in [1.82, 2.24) is 10.3 Å². The summed E-state index contributed by atoms with van der Waals surface area (Å²) in [6.07, 6.45) is 0. The van der Waals surface area contributed by atoms with Gasteiger partial charge in [-0.25, -0.2) is 4.98 Å². The predicted octanol–water partition coefficient (Wildman–Crippen LogP) is 3.29. The quantitative estimate of drug-likeness (QED) is 0.914. The summed E-state index contributed by atoms with van der Waals surface area (Å²) in [6.45, 7) is 3.70. The number of halogens is 2. The third-order valence-electron chi connectivity index (χ3n) is 2.76. The monoisotopic (exact) mass is 328 g/mol. The molecule has 7 heteroatoms. The minimum Gasteiger partial charge on any atom is -0.482 e. The maximum Gasteiger partial charge on any atom is 0.258 e. The van der Waals surface area contributed by atoms with Crippen LogP contribution in [0.15, 0.2) is 22.6 Å². The van der Waals surface area contributed by atoms with Gasteiger partial charge in [0.2, 0.25) is 5.89 Å². The Morgan fingerprint density at radius 1 is 1.38 bits per heavy atom. The first kappa shape index (κ1) is 15.7. The Balaban J connectivity index is 1.83. The van der Waals surface area contributed by atoms with Gasteiger partial charge in [0.25, 0.3) is 5.91 Å². The van der Waals surface area contributed by atoms with E-state index in [4.69, 9.17) is 32.4 Å². The normalized spacial score (nSPS) is 10.5. The van der Waals surface area contributed by atoms with E-state index in [0.717, 1.165) is 11.5 Å². The predicted molar refractivity (Wildman–Crippen MR) is 79.8 cm³/mol. The maximum atomic E-state index is 11.7. The molecule has 0 unspecified atom stereocenters. The van der Waals surface area contributed by atoms with Crippen LogP contribution in [-0.4, -0.2) is 17.5 Å². The summed E-state index contributed by atoms with van der Waals surface area (Å²) < 4.78 is 10.7. The molecule has 0 radical (unpaired) electrons. The van der Waals surface area contributed by atoms with Crippen molar-refractivity contribution in [3.05, 3.63) is 45.6 Å². The van der Waals surface area contributed by atoms with Crippen LogP contribution >= 0.6 is 23.2 Å². The number of benzene rings is 1. The van der Waals surface area contributed by atoms with Crippen molar-refractivity contribution in [3.8, 4) is 5.75 Å². The van der Waals surface area contributed by atoms with Crippen molar-refractivity contribution in [1.29, 1.82) is 0 Å². The highest BCUT2D eigenvalue weighted by atomic mass is 35.5. The molecule has 0 aliphatic rings. The van der Waals surface area contributed by atoms with E-state index in [0.29, 0.717) is 21.7 Å². The fraction of sp³-hybridized carbons (Fsp3) is 0.286. The van der Waals surface area contributed by atoms with Crippen molar-refractivity contribution in [2.75, 3.05) is 6.61 Å². The molecule has 1 N–H and O–H groups in total. The number of amides is 1. The Morgan fingerprint density at radius 2 is 2.14 bits per heavy atom. The van der Waals surface area contributed by atoms with Crippen molar-refractivity contribution in [2.45, 2.75) is 20.4 Å². The van der Waals surface area contributed by atoms with Crippen molar-refractivity contribution in [2.24, 2.45) is 0 Å². The largest absolute Gasteiger partial charge is 0.482 e. The smallest absolute Gasteiger partial charge is 0.258 e. The van der Waals surface area contributed by atoms with E-state index in [-0.39, 0.29) is 19.1 Å². The Labute approximate surface area is 132 Å². The number of ether oxygens (including phenoxy) is 1. The number of aromatic nitrogens is 1. The average Bonchev–Trinajstić information content (AvgIpc) is 2.76. The molecule has 0 aliphatic heterocycles. The lowest BCUT2D eigenvalue weighted by molar-refractivity contribution is -0.123. The topological polar surface area (TPSA) is 64.4 Å². The molecular weight excluding hydrogens is 315 g/mol. The first-order chi connectivity index (χ1) is 9.95. The van der Waals surface area contributed by atoms with Crippen LogP contribution in [0.25, 0.3) is 0 Å². The van der Waals surface area contributed by atoms with E-state index < -0.39 is 0 Å². The molecule has 0 saturated carbocycles. The van der Waals surface area contributed by atoms with Crippen LogP contribution < -0.4 is 10.1 Å². The molecule has 2 aromatic rings. The van der Waals surface area contributed by atoms with Gasteiger partial charge in [0.15, 0.2) is 6.61 Å². The van der Waals surface area contributed by atoms with Crippen molar-refractivity contribution >= 4 is 29.1 Å². The highest BCUT2D eigenvalue weighted by Gasteiger charge is 2.09. The van der Waals surface area contributed by atoms with E-state index in [1.54, 1.807) is 18.2 Å². The number of rotatable bonds is 5. The third-order valence-corrected chi connectivity index (χ3v) is 3.31. The van der Waals surface area contributed by atoms with Crippen LogP contribution in [-0.2, 0) is 11.3 Å². The van der Waals surface area contributed by atoms with E-state index >= 15 is 0 Å². The zero-order chi connectivity index (χ0) is 15.4. The fourth-order valence-electron chi connectivity index (χ4n) is 1.57. The van der Waals surface area contributed by atoms with Gasteiger partial charge in [-0.2, -0.15) is 0 Å². The summed E-state index contributed by atoms with van der Waals surface area (Å²) in [4.78, 5) is 15.9. The van der Waals surface area contributed by atoms with Crippen LogP contribution in [0.5, 0.6) is 5.75 Å². The van der Waals surface area contributed by atoms with Gasteiger partial charge in [-0.15, -0.1) is 0 Å². The Hall–Kier alpha value is -1.72. The van der Waals surface area contributed by atoms with Gasteiger partial charge in [0.05, 0.1) is 17.3 Å². The summed E-state index contributed by atoms with van der Waals surface area (Å²) in [7, 11) is 0. The molecule has 1 amide bonds. The molecule has 0 saturated heterocycles. The lowest BCUT2D eigenvalue weighted by Crippen LogP contribution is -2.28. The molecule has 2 rings (SSSR count). The highest BCUT2D eigenvalue weighted by molar-refractivity contribution is 6.34. The number of oxazole rings is 1. The van der Waals surface area contributed by atoms with Gasteiger partial charge in [0, 0.05) is 11.1 Å². The number of nitrogens with zero attached hydrogens (tertiary/aromatic N) is 1. The summed E-state index contributed by atoms with van der Waals surface area (Å²) in [6, 6.07) is 4.80. The van der Waals surface area contributed by atoms with E-state index in [1.807, 2.05) is 13.8 Å². The Morgan fingerprint density at radius 3 is 2.81 bits per heavy atom. The van der Waals surface area contributed by atoms with Crippen LogP contribution in [0.1, 0.15) is 17.3 Å². The SMILES string of the molecule is Cc1nc(CNC(=O)COc2cc(Cl)ccc2Cl)oc1C. The van der Waals surface area contributed by atoms with Gasteiger partial charge in [-0.1, -0.05) is 23.2 Å². The van der Waals surface area contributed by atoms with Crippen LogP contribution in [0.2, 0.25) is 10.0 Å². The first-order valence-electron chi connectivity index (χ1n) is 6.23.